The number of carbonyl (C=O) groups is 2. The van der Waals surface area contributed by atoms with Crippen LogP contribution in [0.2, 0.25) is 0 Å². The van der Waals surface area contributed by atoms with Gasteiger partial charge in [0.1, 0.15) is 5.75 Å². The van der Waals surface area contributed by atoms with E-state index in [9.17, 15) is 9.59 Å². The largest absolute Gasteiger partial charge is 0.497 e. The van der Waals surface area contributed by atoms with E-state index in [4.69, 9.17) is 4.74 Å². The van der Waals surface area contributed by atoms with E-state index in [0.717, 1.165) is 50.1 Å². The van der Waals surface area contributed by atoms with Crippen molar-refractivity contribution in [3.8, 4) is 5.75 Å². The van der Waals surface area contributed by atoms with Gasteiger partial charge in [-0.1, -0.05) is 12.1 Å². The zero-order valence-corrected chi connectivity index (χ0v) is 16.9. The molecule has 0 bridgehead atoms. The van der Waals surface area contributed by atoms with Crippen LogP contribution in [0, 0.1) is 17.8 Å². The molecule has 2 aliphatic heterocycles. The third-order valence-corrected chi connectivity index (χ3v) is 6.50. The first-order valence-electron chi connectivity index (χ1n) is 10.5. The monoisotopic (exact) mass is 385 g/mol. The number of rotatable bonds is 6. The van der Waals surface area contributed by atoms with Gasteiger partial charge in [-0.15, -0.1) is 0 Å². The van der Waals surface area contributed by atoms with E-state index in [1.807, 2.05) is 29.2 Å². The number of amides is 2. The van der Waals surface area contributed by atoms with Gasteiger partial charge in [0.05, 0.1) is 19.1 Å². The maximum atomic E-state index is 12.8. The second kappa shape index (κ2) is 8.11. The number of likely N-dealkylation sites (tertiary alicyclic amines) is 2. The van der Waals surface area contributed by atoms with Crippen LogP contribution in [0.5, 0.6) is 5.75 Å². The van der Waals surface area contributed by atoms with E-state index in [0.29, 0.717) is 19.0 Å². The van der Waals surface area contributed by atoms with Crippen molar-refractivity contribution < 1.29 is 14.3 Å². The Hall–Kier alpha value is -2.08. The summed E-state index contributed by atoms with van der Waals surface area (Å²) in [5, 5.41) is 3.26. The molecule has 1 N–H and O–H groups in total. The Balaban J connectivity index is 1.29. The molecular weight excluding hydrogens is 354 g/mol. The molecule has 3 fully saturated rings. The summed E-state index contributed by atoms with van der Waals surface area (Å²) in [5.74, 6) is 1.74. The number of piperidine rings is 1. The smallest absolute Gasteiger partial charge is 0.227 e. The lowest BCUT2D eigenvalue weighted by atomic mass is 9.91. The molecule has 3 aliphatic rings. The molecule has 152 valence electrons. The number of hydrogen-bond donors (Lipinski definition) is 1. The quantitative estimate of drug-likeness (QED) is 0.814. The van der Waals surface area contributed by atoms with Crippen LogP contribution in [0.3, 0.4) is 0 Å². The molecule has 6 heteroatoms. The Kier molecular flexibility index (Phi) is 5.58. The molecule has 1 aromatic rings. The third kappa shape index (κ3) is 4.17. The van der Waals surface area contributed by atoms with E-state index in [1.165, 1.54) is 0 Å². The van der Waals surface area contributed by atoms with Gasteiger partial charge in [-0.05, 0) is 69.4 Å². The Morgan fingerprint density at radius 2 is 1.68 bits per heavy atom. The topological polar surface area (TPSA) is 61.9 Å². The average Bonchev–Trinajstić information content (AvgIpc) is 3.50. The van der Waals surface area contributed by atoms with Crippen molar-refractivity contribution in [1.82, 2.24) is 15.1 Å². The van der Waals surface area contributed by atoms with Gasteiger partial charge in [0.2, 0.25) is 11.8 Å². The predicted octanol–water partition coefficient (Wildman–Crippen LogP) is 2.06. The number of ether oxygens (including phenoxy) is 1. The SMILES string of the molecule is COc1ccc(C(NC(=O)C2CN(C(=O)C3CCN(C)CC3)C2)C2CC2)cc1. The van der Waals surface area contributed by atoms with Crippen molar-refractivity contribution in [2.24, 2.45) is 17.8 Å². The summed E-state index contributed by atoms with van der Waals surface area (Å²) < 4.78 is 5.23. The molecule has 1 aromatic carbocycles. The molecule has 2 saturated heterocycles. The Bertz CT molecular complexity index is 702. The zero-order chi connectivity index (χ0) is 19.7. The maximum Gasteiger partial charge on any atom is 0.227 e. The molecule has 6 nitrogen and oxygen atoms in total. The van der Waals surface area contributed by atoms with Crippen LogP contribution in [0.15, 0.2) is 24.3 Å². The van der Waals surface area contributed by atoms with Gasteiger partial charge in [0.25, 0.3) is 0 Å². The minimum absolute atomic E-state index is 0.0667. The molecule has 2 amide bonds. The molecule has 0 radical (unpaired) electrons. The summed E-state index contributed by atoms with van der Waals surface area (Å²) in [5.41, 5.74) is 1.13. The van der Waals surface area contributed by atoms with Crippen LogP contribution in [-0.4, -0.2) is 62.0 Å². The van der Waals surface area contributed by atoms with Crippen LogP contribution in [0.1, 0.15) is 37.3 Å². The van der Waals surface area contributed by atoms with Gasteiger partial charge >= 0.3 is 0 Å². The standard InChI is InChI=1S/C22H31N3O3/c1-24-11-9-17(10-12-24)22(27)25-13-18(14-25)21(26)23-20(15-3-4-15)16-5-7-19(28-2)8-6-16/h5-8,15,17-18,20H,3-4,9-14H2,1-2H3,(H,23,26). The lowest BCUT2D eigenvalue weighted by Crippen LogP contribution is -2.58. The normalized spacial score (nSPS) is 22.4. The predicted molar refractivity (Wildman–Crippen MR) is 107 cm³/mol. The number of nitrogens with zero attached hydrogens (tertiary/aromatic N) is 2. The molecule has 1 saturated carbocycles. The molecule has 1 unspecified atom stereocenters. The summed E-state index contributed by atoms with van der Waals surface area (Å²) in [4.78, 5) is 29.6. The highest BCUT2D eigenvalue weighted by Crippen LogP contribution is 2.41. The first-order valence-corrected chi connectivity index (χ1v) is 10.5. The number of benzene rings is 1. The summed E-state index contributed by atoms with van der Waals surface area (Å²) in [6, 6.07) is 8.04. The molecule has 0 spiro atoms. The van der Waals surface area contributed by atoms with Crippen LogP contribution in [0.4, 0.5) is 0 Å². The van der Waals surface area contributed by atoms with Gasteiger partial charge in [0, 0.05) is 19.0 Å². The van der Waals surface area contributed by atoms with E-state index in [2.05, 4.69) is 17.3 Å². The average molecular weight is 386 g/mol. The fourth-order valence-corrected chi connectivity index (χ4v) is 4.32. The summed E-state index contributed by atoms with van der Waals surface area (Å²) in [6.07, 6.45) is 4.18. The molecule has 4 rings (SSSR count). The highest BCUT2D eigenvalue weighted by molar-refractivity contribution is 5.85. The third-order valence-electron chi connectivity index (χ3n) is 6.50. The molecule has 28 heavy (non-hydrogen) atoms. The molecule has 0 aromatic heterocycles. The first kappa shape index (κ1) is 19.2. The molecule has 1 atom stereocenters. The van der Waals surface area contributed by atoms with Crippen LogP contribution in [0.25, 0.3) is 0 Å². The second-order valence-electron chi connectivity index (χ2n) is 8.61. The van der Waals surface area contributed by atoms with Crippen molar-refractivity contribution >= 4 is 11.8 Å². The van der Waals surface area contributed by atoms with Gasteiger partial charge in [-0.3, -0.25) is 9.59 Å². The molecular formula is C22H31N3O3. The number of methoxy groups -OCH3 is 1. The summed E-state index contributed by atoms with van der Waals surface area (Å²) in [6.45, 7) is 3.10. The fourth-order valence-electron chi connectivity index (χ4n) is 4.32. The number of nitrogens with one attached hydrogen (secondary N) is 1. The van der Waals surface area contributed by atoms with E-state index < -0.39 is 0 Å². The van der Waals surface area contributed by atoms with Crippen molar-refractivity contribution in [1.29, 1.82) is 0 Å². The lowest BCUT2D eigenvalue weighted by molar-refractivity contribution is -0.147. The number of hydrogen-bond acceptors (Lipinski definition) is 4. The zero-order valence-electron chi connectivity index (χ0n) is 16.9. The van der Waals surface area contributed by atoms with Crippen LogP contribution >= 0.6 is 0 Å². The van der Waals surface area contributed by atoms with Crippen molar-refractivity contribution in [3.05, 3.63) is 29.8 Å². The minimum atomic E-state index is -0.0743. The van der Waals surface area contributed by atoms with E-state index in [-0.39, 0.29) is 29.7 Å². The van der Waals surface area contributed by atoms with Crippen LogP contribution in [-0.2, 0) is 9.59 Å². The highest BCUT2D eigenvalue weighted by atomic mass is 16.5. The number of carbonyl (C=O) groups excluding carboxylic acids is 2. The highest BCUT2D eigenvalue weighted by Gasteiger charge is 2.41. The Morgan fingerprint density at radius 1 is 1.04 bits per heavy atom. The second-order valence-corrected chi connectivity index (χ2v) is 8.61. The van der Waals surface area contributed by atoms with Crippen molar-refractivity contribution in [2.45, 2.75) is 31.7 Å². The van der Waals surface area contributed by atoms with Gasteiger partial charge in [0.15, 0.2) is 0 Å². The summed E-state index contributed by atoms with van der Waals surface area (Å²) in [7, 11) is 3.76. The van der Waals surface area contributed by atoms with Gasteiger partial charge in [-0.2, -0.15) is 0 Å². The van der Waals surface area contributed by atoms with E-state index in [1.54, 1.807) is 7.11 Å². The van der Waals surface area contributed by atoms with Gasteiger partial charge in [-0.25, -0.2) is 0 Å². The Labute approximate surface area is 167 Å². The minimum Gasteiger partial charge on any atom is -0.497 e. The molecule has 2 heterocycles. The van der Waals surface area contributed by atoms with Crippen molar-refractivity contribution in [2.75, 3.05) is 40.3 Å². The summed E-state index contributed by atoms with van der Waals surface area (Å²) >= 11 is 0. The van der Waals surface area contributed by atoms with Crippen molar-refractivity contribution in [3.63, 3.8) is 0 Å². The first-order chi connectivity index (χ1) is 13.5. The lowest BCUT2D eigenvalue weighted by Gasteiger charge is -2.42. The molecule has 1 aliphatic carbocycles. The van der Waals surface area contributed by atoms with E-state index >= 15 is 0 Å². The van der Waals surface area contributed by atoms with Crippen LogP contribution < -0.4 is 10.1 Å². The Morgan fingerprint density at radius 3 is 2.25 bits per heavy atom. The fraction of sp³-hybridized carbons (Fsp3) is 0.636. The van der Waals surface area contributed by atoms with Gasteiger partial charge < -0.3 is 19.9 Å². The maximum absolute atomic E-state index is 12.8.